The van der Waals surface area contributed by atoms with Crippen molar-refractivity contribution in [2.24, 2.45) is 0 Å². The smallest absolute Gasteiger partial charge is 0.205 e. The van der Waals surface area contributed by atoms with Crippen molar-refractivity contribution in [2.45, 2.75) is 26.3 Å². The first-order valence-corrected chi connectivity index (χ1v) is 7.22. The first kappa shape index (κ1) is 13.3. The van der Waals surface area contributed by atoms with E-state index in [-0.39, 0.29) is 5.75 Å². The van der Waals surface area contributed by atoms with E-state index in [0.29, 0.717) is 16.9 Å². The van der Waals surface area contributed by atoms with E-state index in [0.717, 1.165) is 15.7 Å². The molecule has 0 unspecified atom stereocenters. The third-order valence-electron chi connectivity index (χ3n) is 2.39. The van der Waals surface area contributed by atoms with Crippen LogP contribution in [0.15, 0.2) is 22.7 Å². The molecule has 0 amide bonds. The summed E-state index contributed by atoms with van der Waals surface area (Å²) in [5, 5.41) is 22.7. The summed E-state index contributed by atoms with van der Waals surface area (Å²) in [6.07, 6.45) is 0. The van der Waals surface area contributed by atoms with Crippen LogP contribution in [0.2, 0.25) is 0 Å². The molecule has 0 spiro atoms. The minimum absolute atomic E-state index is 0.247. The number of phenols is 1. The van der Waals surface area contributed by atoms with E-state index >= 15 is 0 Å². The van der Waals surface area contributed by atoms with Crippen molar-refractivity contribution < 1.29 is 5.11 Å². The van der Waals surface area contributed by atoms with E-state index in [1.165, 1.54) is 0 Å². The van der Waals surface area contributed by atoms with Crippen molar-refractivity contribution in [3.63, 3.8) is 0 Å². The predicted molar refractivity (Wildman–Crippen MR) is 77.1 cm³/mol. The van der Waals surface area contributed by atoms with Crippen molar-refractivity contribution in [2.75, 3.05) is 5.32 Å². The lowest BCUT2D eigenvalue weighted by molar-refractivity contribution is 0.471. The number of anilines is 1. The Morgan fingerprint density at radius 2 is 2.17 bits per heavy atom. The number of hydrogen-bond donors (Lipinski definition) is 2. The van der Waals surface area contributed by atoms with Crippen LogP contribution in [0.25, 0.3) is 0 Å². The van der Waals surface area contributed by atoms with Crippen molar-refractivity contribution >= 4 is 32.4 Å². The van der Waals surface area contributed by atoms with Crippen LogP contribution in [0.3, 0.4) is 0 Å². The molecule has 4 nitrogen and oxygen atoms in total. The summed E-state index contributed by atoms with van der Waals surface area (Å²) in [7, 11) is 0. The van der Waals surface area contributed by atoms with Crippen LogP contribution in [0.1, 0.15) is 30.3 Å². The average Bonchev–Trinajstić information content (AvgIpc) is 2.79. The van der Waals surface area contributed by atoms with E-state index in [1.807, 2.05) is 12.1 Å². The molecule has 2 aromatic rings. The maximum atomic E-state index is 9.41. The Morgan fingerprint density at radius 1 is 1.39 bits per heavy atom. The number of hydrogen-bond acceptors (Lipinski definition) is 5. The van der Waals surface area contributed by atoms with Gasteiger partial charge in [0.15, 0.2) is 0 Å². The highest BCUT2D eigenvalue weighted by molar-refractivity contribution is 9.10. The van der Waals surface area contributed by atoms with E-state index < -0.39 is 0 Å². The Hall–Kier alpha value is -1.14. The number of phenolic OH excluding ortho intramolecular Hbond substituents is 1. The second kappa shape index (κ2) is 5.67. The van der Waals surface area contributed by atoms with Crippen molar-refractivity contribution in [1.29, 1.82) is 0 Å². The molecule has 0 bridgehead atoms. The topological polar surface area (TPSA) is 58.0 Å². The number of aromatic nitrogens is 2. The van der Waals surface area contributed by atoms with Gasteiger partial charge in [0.2, 0.25) is 5.13 Å². The molecule has 6 heteroatoms. The number of benzene rings is 1. The van der Waals surface area contributed by atoms with Gasteiger partial charge in [-0.3, -0.25) is 0 Å². The number of nitrogens with one attached hydrogen (secondary N) is 1. The van der Waals surface area contributed by atoms with Crippen LogP contribution in [-0.4, -0.2) is 15.3 Å². The number of halogens is 1. The van der Waals surface area contributed by atoms with E-state index in [9.17, 15) is 5.11 Å². The maximum absolute atomic E-state index is 9.41. The normalized spacial score (nSPS) is 10.9. The van der Waals surface area contributed by atoms with Crippen molar-refractivity contribution in [3.05, 3.63) is 33.2 Å². The van der Waals surface area contributed by atoms with Gasteiger partial charge in [0.05, 0.1) is 4.47 Å². The number of rotatable bonds is 4. The highest BCUT2D eigenvalue weighted by Crippen LogP contribution is 2.26. The molecular formula is C12H14BrN3OS. The van der Waals surface area contributed by atoms with Crippen molar-refractivity contribution in [3.8, 4) is 5.75 Å². The molecule has 0 radical (unpaired) electrons. The zero-order chi connectivity index (χ0) is 13.1. The molecular weight excluding hydrogens is 314 g/mol. The van der Waals surface area contributed by atoms with Gasteiger partial charge in [-0.15, -0.1) is 10.2 Å². The predicted octanol–water partition coefficient (Wildman–Crippen LogP) is 3.74. The molecule has 0 saturated heterocycles. The largest absolute Gasteiger partial charge is 0.507 e. The summed E-state index contributed by atoms with van der Waals surface area (Å²) in [5.74, 6) is 0.651. The van der Waals surface area contributed by atoms with Crippen LogP contribution < -0.4 is 5.32 Å². The summed E-state index contributed by atoms with van der Waals surface area (Å²) in [6.45, 7) is 4.86. The molecule has 0 saturated carbocycles. The Kier molecular flexibility index (Phi) is 4.19. The molecule has 1 heterocycles. The quantitative estimate of drug-likeness (QED) is 0.898. The fraction of sp³-hybridized carbons (Fsp3) is 0.333. The number of aromatic hydroxyl groups is 1. The van der Waals surface area contributed by atoms with E-state index in [4.69, 9.17) is 0 Å². The average molecular weight is 328 g/mol. The molecule has 0 aliphatic carbocycles. The molecule has 0 fully saturated rings. The van der Waals surface area contributed by atoms with Crippen LogP contribution in [0, 0.1) is 0 Å². The summed E-state index contributed by atoms with van der Waals surface area (Å²) in [6, 6.07) is 5.42. The molecule has 1 aromatic carbocycles. The Bertz CT molecular complexity index is 542. The van der Waals surface area contributed by atoms with E-state index in [2.05, 4.69) is 45.3 Å². The second-order valence-electron chi connectivity index (χ2n) is 4.24. The minimum Gasteiger partial charge on any atom is -0.507 e. The van der Waals surface area contributed by atoms with Gasteiger partial charge in [0.25, 0.3) is 0 Å². The molecule has 2 rings (SSSR count). The van der Waals surface area contributed by atoms with Crippen LogP contribution in [-0.2, 0) is 6.54 Å². The summed E-state index contributed by atoms with van der Waals surface area (Å²) >= 11 is 4.87. The van der Waals surface area contributed by atoms with Crippen LogP contribution in [0.4, 0.5) is 5.13 Å². The van der Waals surface area contributed by atoms with Gasteiger partial charge in [-0.05, 0) is 33.6 Å². The van der Waals surface area contributed by atoms with Gasteiger partial charge in [-0.1, -0.05) is 31.3 Å². The van der Waals surface area contributed by atoms with Crippen LogP contribution >= 0.6 is 27.3 Å². The zero-order valence-electron chi connectivity index (χ0n) is 10.1. The third-order valence-corrected chi connectivity index (χ3v) is 4.21. The lowest BCUT2D eigenvalue weighted by atomic mass is 10.2. The molecule has 96 valence electrons. The lowest BCUT2D eigenvalue weighted by Crippen LogP contribution is -1.98. The second-order valence-corrected chi connectivity index (χ2v) is 6.10. The lowest BCUT2D eigenvalue weighted by Gasteiger charge is -2.04. The van der Waals surface area contributed by atoms with Crippen LogP contribution in [0.5, 0.6) is 5.75 Å². The molecule has 0 atom stereocenters. The third kappa shape index (κ3) is 3.20. The molecule has 0 aliphatic rings. The SMILES string of the molecule is CC(C)c1nnc(NCc2ccc(O)c(Br)c2)s1. The van der Waals surface area contributed by atoms with Gasteiger partial charge >= 0.3 is 0 Å². The Morgan fingerprint density at radius 3 is 2.78 bits per heavy atom. The van der Waals surface area contributed by atoms with Gasteiger partial charge in [0, 0.05) is 12.5 Å². The number of nitrogens with zero attached hydrogens (tertiary/aromatic N) is 2. The van der Waals surface area contributed by atoms with Gasteiger partial charge in [0.1, 0.15) is 10.8 Å². The maximum Gasteiger partial charge on any atom is 0.205 e. The fourth-order valence-electron chi connectivity index (χ4n) is 1.38. The highest BCUT2D eigenvalue weighted by Gasteiger charge is 2.07. The van der Waals surface area contributed by atoms with Gasteiger partial charge < -0.3 is 10.4 Å². The highest BCUT2D eigenvalue weighted by atomic mass is 79.9. The first-order valence-electron chi connectivity index (χ1n) is 5.61. The molecule has 18 heavy (non-hydrogen) atoms. The first-order chi connectivity index (χ1) is 8.56. The molecule has 2 N–H and O–H groups in total. The Balaban J connectivity index is 2.00. The summed E-state index contributed by atoms with van der Waals surface area (Å²) < 4.78 is 0.696. The van der Waals surface area contributed by atoms with Gasteiger partial charge in [-0.2, -0.15) is 0 Å². The summed E-state index contributed by atoms with van der Waals surface area (Å²) in [5.41, 5.74) is 1.07. The monoisotopic (exact) mass is 327 g/mol. The fourth-order valence-corrected chi connectivity index (χ4v) is 2.55. The van der Waals surface area contributed by atoms with E-state index in [1.54, 1.807) is 17.4 Å². The summed E-state index contributed by atoms with van der Waals surface area (Å²) in [4.78, 5) is 0. The standard InChI is InChI=1S/C12H14BrN3OS/c1-7(2)11-15-16-12(18-11)14-6-8-3-4-10(17)9(13)5-8/h3-5,7,17H,6H2,1-2H3,(H,14,16). The molecule has 1 aromatic heterocycles. The van der Waals surface area contributed by atoms with Crippen molar-refractivity contribution in [1.82, 2.24) is 10.2 Å². The minimum atomic E-state index is 0.247. The van der Waals surface area contributed by atoms with Gasteiger partial charge in [-0.25, -0.2) is 0 Å². The Labute approximate surface area is 118 Å². The zero-order valence-corrected chi connectivity index (χ0v) is 12.5. The molecule has 0 aliphatic heterocycles.